The first-order valence-electron chi connectivity index (χ1n) is 19.0. The van der Waals surface area contributed by atoms with Gasteiger partial charge in [0.25, 0.3) is 0 Å². The summed E-state index contributed by atoms with van der Waals surface area (Å²) in [5.74, 6) is 0.972. The van der Waals surface area contributed by atoms with E-state index in [-0.39, 0.29) is 35.9 Å². The predicted molar refractivity (Wildman–Crippen MR) is 189 cm³/mol. The monoisotopic (exact) mass is 818 g/mol. The molecule has 0 amide bonds. The van der Waals surface area contributed by atoms with Crippen molar-refractivity contribution in [1.29, 1.82) is 0 Å². The van der Waals surface area contributed by atoms with Gasteiger partial charge in [-0.2, -0.15) is 5.75 Å². The standard InChI is InChI=1S/2C18H33P.CClO.Ir/c2*1-4-10-16(11-5-1)19(17-12-6-2-7-13-17)18-14-8-3-9-15-18;2-1-3;/h2*16-18H,1-15H2;;/q;;-1;/p+2. The van der Waals surface area contributed by atoms with E-state index >= 15 is 0 Å². The first-order chi connectivity index (χ1) is 20.3. The second-order valence-electron chi connectivity index (χ2n) is 15.1. The van der Waals surface area contributed by atoms with Crippen LogP contribution in [0.2, 0.25) is 0 Å². The third-order valence-electron chi connectivity index (χ3n) is 12.5. The number of rotatable bonds is 6. The summed E-state index contributed by atoms with van der Waals surface area (Å²) >= 11 is 4.19. The molecule has 0 saturated heterocycles. The SMILES string of the molecule is C1CCC([PH+](C2CCCCC2)C2CCCCC2)CC1.C1CCC([PH+](C2CCCCC2)C2CCCCC2)CC1.O=[C-]Cl.[Ir]. The molecule has 0 aliphatic heterocycles. The van der Waals surface area contributed by atoms with Gasteiger partial charge in [-0.15, -0.1) is 0 Å². The topological polar surface area (TPSA) is 17.1 Å². The van der Waals surface area contributed by atoms with Gasteiger partial charge < -0.3 is 16.4 Å². The van der Waals surface area contributed by atoms with Crippen LogP contribution in [0.25, 0.3) is 0 Å². The molecule has 0 heterocycles. The molecule has 1 nitrogen and oxygen atoms in total. The Morgan fingerprint density at radius 3 is 0.571 bits per heavy atom. The zero-order valence-corrected chi connectivity index (χ0v) is 32.4. The molecule has 0 spiro atoms. The van der Waals surface area contributed by atoms with E-state index in [0.717, 1.165) is 5.75 Å². The Bertz CT molecular complexity index is 519. The normalized spacial score (nSPS) is 26.5. The number of hydrogen-bond acceptors (Lipinski definition) is 1. The van der Waals surface area contributed by atoms with E-state index in [1.54, 1.807) is 193 Å². The largest absolute Gasteiger partial charge is 0.525 e. The minimum absolute atomic E-state index is 0. The summed E-state index contributed by atoms with van der Waals surface area (Å²) in [6, 6.07) is 0. The van der Waals surface area contributed by atoms with Gasteiger partial charge in [-0.3, -0.25) is 0 Å². The summed E-state index contributed by atoms with van der Waals surface area (Å²) in [5.41, 5.74) is 7.36. The molecule has 0 unspecified atom stereocenters. The zero-order valence-electron chi connectivity index (χ0n) is 27.3. The molecule has 247 valence electrons. The molecule has 42 heavy (non-hydrogen) atoms. The van der Waals surface area contributed by atoms with Crippen molar-refractivity contribution in [3.8, 4) is 0 Å². The summed E-state index contributed by atoms with van der Waals surface area (Å²) in [6.07, 6.45) is 47.6. The molecule has 0 aromatic heterocycles. The minimum atomic E-state index is -0.0465. The van der Waals surface area contributed by atoms with Gasteiger partial charge in [-0.25, -0.2) is 0 Å². The smallest absolute Gasteiger partial charge is 0.0680 e. The van der Waals surface area contributed by atoms with Crippen LogP contribution >= 0.6 is 27.4 Å². The Morgan fingerprint density at radius 2 is 0.452 bits per heavy atom. The average molecular weight is 819 g/mol. The summed E-state index contributed by atoms with van der Waals surface area (Å²) in [6.45, 7) is 0. The van der Waals surface area contributed by atoms with E-state index < -0.39 is 0 Å². The maximum Gasteiger partial charge on any atom is 0.0680 e. The molecule has 6 fully saturated rings. The maximum atomic E-state index is 8.45. The van der Waals surface area contributed by atoms with Crippen molar-refractivity contribution in [2.24, 2.45) is 0 Å². The second-order valence-corrected chi connectivity index (χ2v) is 22.1. The molecule has 0 aromatic carbocycles. The van der Waals surface area contributed by atoms with Gasteiger partial charge in [0.05, 0.1) is 34.0 Å². The summed E-state index contributed by atoms with van der Waals surface area (Å²) in [7, 11) is -0.0930. The minimum Gasteiger partial charge on any atom is -0.525 e. The summed E-state index contributed by atoms with van der Waals surface area (Å²) in [4.78, 5) is 8.45. The van der Waals surface area contributed by atoms with Gasteiger partial charge >= 0.3 is 0 Å². The molecule has 6 aliphatic rings. The zero-order chi connectivity index (χ0) is 28.5. The molecule has 0 aromatic rings. The molecule has 0 N–H and O–H groups in total. The van der Waals surface area contributed by atoms with Gasteiger partial charge in [0, 0.05) is 35.9 Å². The molecule has 0 bridgehead atoms. The van der Waals surface area contributed by atoms with Gasteiger partial charge in [0.2, 0.25) is 0 Å². The fourth-order valence-electron chi connectivity index (χ4n) is 10.6. The van der Waals surface area contributed by atoms with Gasteiger partial charge in [-0.1, -0.05) is 38.5 Å². The van der Waals surface area contributed by atoms with Crippen LogP contribution in [0, 0.1) is 0 Å². The van der Waals surface area contributed by atoms with Gasteiger partial charge in [0.15, 0.2) is 0 Å². The van der Waals surface area contributed by atoms with E-state index in [1.807, 2.05) is 0 Å². The molecular formula is C37H68ClIrOP2+. The Morgan fingerprint density at radius 1 is 0.333 bits per heavy atom. The molecule has 6 aliphatic carbocycles. The van der Waals surface area contributed by atoms with Crippen LogP contribution in [-0.4, -0.2) is 39.7 Å². The first kappa shape index (κ1) is 37.9. The van der Waals surface area contributed by atoms with E-state index in [9.17, 15) is 0 Å². The number of hydrogen-bond donors (Lipinski definition) is 0. The Labute approximate surface area is 283 Å². The second kappa shape index (κ2) is 22.9. The molecule has 0 atom stereocenters. The summed E-state index contributed by atoms with van der Waals surface area (Å²) < 4.78 is 0. The van der Waals surface area contributed by atoms with E-state index in [1.165, 1.54) is 34.0 Å². The first-order valence-corrected chi connectivity index (χ1v) is 22.9. The molecule has 1 radical (unpaired) electrons. The van der Waals surface area contributed by atoms with Crippen LogP contribution in [0.4, 0.5) is 0 Å². The van der Waals surface area contributed by atoms with E-state index in [0.29, 0.717) is 0 Å². The van der Waals surface area contributed by atoms with Crippen LogP contribution in [0.15, 0.2) is 0 Å². The maximum absolute atomic E-state index is 8.45. The van der Waals surface area contributed by atoms with Crippen molar-refractivity contribution in [3.63, 3.8) is 0 Å². The van der Waals surface area contributed by atoms with Crippen molar-refractivity contribution in [3.05, 3.63) is 0 Å². The van der Waals surface area contributed by atoms with Crippen molar-refractivity contribution in [1.82, 2.24) is 0 Å². The summed E-state index contributed by atoms with van der Waals surface area (Å²) in [5, 5.41) is 0. The predicted octanol–water partition coefficient (Wildman–Crippen LogP) is 12.7. The van der Waals surface area contributed by atoms with Crippen LogP contribution in [0.1, 0.15) is 193 Å². The molecule has 6 saturated carbocycles. The van der Waals surface area contributed by atoms with Crippen molar-refractivity contribution in [2.75, 3.05) is 0 Å². The fourth-order valence-corrected chi connectivity index (χ4v) is 21.1. The van der Waals surface area contributed by atoms with Gasteiger partial charge in [0.1, 0.15) is 0 Å². The van der Waals surface area contributed by atoms with Crippen LogP contribution in [-0.2, 0) is 24.9 Å². The number of halogens is 1. The quantitative estimate of drug-likeness (QED) is 0.148. The van der Waals surface area contributed by atoms with Crippen LogP contribution < -0.4 is 0 Å². The molecule has 6 rings (SSSR count). The number of carbonyl (C=O) groups excluding carboxylic acids is 1. The van der Waals surface area contributed by atoms with Gasteiger partial charge in [-0.05, 0) is 154 Å². The Hall–Kier alpha value is 1.47. The third-order valence-corrected chi connectivity index (χ3v) is 21.6. The van der Waals surface area contributed by atoms with E-state index in [4.69, 9.17) is 4.79 Å². The molecule has 5 heteroatoms. The van der Waals surface area contributed by atoms with Crippen molar-refractivity contribution < 1.29 is 24.9 Å². The third kappa shape index (κ3) is 12.6. The Balaban J connectivity index is 0.000000207. The van der Waals surface area contributed by atoms with Crippen LogP contribution in [0.5, 0.6) is 0 Å². The molecular weight excluding hydrogens is 750 g/mol. The van der Waals surface area contributed by atoms with E-state index in [2.05, 4.69) is 11.6 Å². The van der Waals surface area contributed by atoms with Crippen molar-refractivity contribution in [2.45, 2.75) is 227 Å². The Kier molecular flexibility index (Phi) is 20.7. The van der Waals surface area contributed by atoms with Crippen LogP contribution in [0.3, 0.4) is 0 Å². The fraction of sp³-hybridized carbons (Fsp3) is 0.973. The average Bonchev–Trinajstić information content (AvgIpc) is 3.05. The van der Waals surface area contributed by atoms with Crippen molar-refractivity contribution >= 4 is 33.2 Å².